The summed E-state index contributed by atoms with van der Waals surface area (Å²) >= 11 is 0. The predicted molar refractivity (Wildman–Crippen MR) is 81.3 cm³/mol. The van der Waals surface area contributed by atoms with Crippen LogP contribution in [0, 0.1) is 6.92 Å². The maximum atomic E-state index is 5.34. The van der Waals surface area contributed by atoms with E-state index in [0.717, 1.165) is 69.8 Å². The summed E-state index contributed by atoms with van der Waals surface area (Å²) in [7, 11) is 0. The van der Waals surface area contributed by atoms with Gasteiger partial charge in [-0.1, -0.05) is 6.92 Å². The van der Waals surface area contributed by atoms with Gasteiger partial charge in [0.25, 0.3) is 0 Å². The number of ether oxygens (including phenoxy) is 1. The van der Waals surface area contributed by atoms with E-state index in [0.29, 0.717) is 0 Å². The lowest BCUT2D eigenvalue weighted by Crippen LogP contribution is -2.39. The van der Waals surface area contributed by atoms with Crippen molar-refractivity contribution in [2.75, 3.05) is 56.6 Å². The van der Waals surface area contributed by atoms with Gasteiger partial charge in [-0.2, -0.15) is 0 Å². The minimum absolute atomic E-state index is 0.792. The third-order valence-electron chi connectivity index (χ3n) is 3.23. The van der Waals surface area contributed by atoms with Gasteiger partial charge in [0, 0.05) is 38.8 Å². The molecule has 6 nitrogen and oxygen atoms in total. The van der Waals surface area contributed by atoms with E-state index in [9.17, 15) is 0 Å². The first kappa shape index (κ1) is 15.0. The van der Waals surface area contributed by atoms with Crippen LogP contribution in [0.4, 0.5) is 11.6 Å². The third kappa shape index (κ3) is 4.94. The lowest BCUT2D eigenvalue weighted by atomic mass is 10.4. The predicted octanol–water partition coefficient (Wildman–Crippen LogP) is 1.35. The summed E-state index contributed by atoms with van der Waals surface area (Å²) in [5.74, 6) is 2.58. The van der Waals surface area contributed by atoms with Gasteiger partial charge < -0.3 is 15.4 Å². The highest BCUT2D eigenvalue weighted by atomic mass is 16.5. The molecule has 1 fully saturated rings. The molecule has 0 saturated carbocycles. The number of morpholine rings is 1. The molecule has 6 heteroatoms. The average Bonchev–Trinajstić information content (AvgIpc) is 2.46. The molecule has 2 rings (SSSR count). The summed E-state index contributed by atoms with van der Waals surface area (Å²) in [6.45, 7) is 10.6. The monoisotopic (exact) mass is 279 g/mol. The quantitative estimate of drug-likeness (QED) is 0.785. The minimum Gasteiger partial charge on any atom is -0.379 e. The van der Waals surface area contributed by atoms with Gasteiger partial charge in [0.05, 0.1) is 13.2 Å². The molecule has 112 valence electrons. The van der Waals surface area contributed by atoms with E-state index in [2.05, 4.69) is 32.4 Å². The van der Waals surface area contributed by atoms with E-state index >= 15 is 0 Å². The Morgan fingerprint density at radius 1 is 1.15 bits per heavy atom. The molecule has 1 aromatic heterocycles. The van der Waals surface area contributed by atoms with E-state index < -0.39 is 0 Å². The van der Waals surface area contributed by atoms with E-state index in [1.54, 1.807) is 0 Å². The van der Waals surface area contributed by atoms with Gasteiger partial charge in [0.1, 0.15) is 17.5 Å². The molecule has 20 heavy (non-hydrogen) atoms. The first-order valence-corrected chi connectivity index (χ1v) is 7.41. The average molecular weight is 279 g/mol. The van der Waals surface area contributed by atoms with Crippen LogP contribution in [0.25, 0.3) is 0 Å². The molecule has 0 bridgehead atoms. The van der Waals surface area contributed by atoms with E-state index in [4.69, 9.17) is 4.74 Å². The Morgan fingerprint density at radius 3 is 2.45 bits per heavy atom. The normalized spacial score (nSPS) is 16.1. The molecule has 0 atom stereocenters. The van der Waals surface area contributed by atoms with Crippen molar-refractivity contribution in [3.63, 3.8) is 0 Å². The first-order valence-electron chi connectivity index (χ1n) is 7.41. The number of hydrogen-bond acceptors (Lipinski definition) is 6. The molecule has 0 amide bonds. The maximum Gasteiger partial charge on any atom is 0.131 e. The van der Waals surface area contributed by atoms with Gasteiger partial charge in [0.2, 0.25) is 0 Å². The number of nitrogens with zero attached hydrogens (tertiary/aromatic N) is 3. The molecular weight excluding hydrogens is 254 g/mol. The van der Waals surface area contributed by atoms with E-state index in [1.807, 2.05) is 13.0 Å². The molecule has 1 aromatic rings. The summed E-state index contributed by atoms with van der Waals surface area (Å²) < 4.78 is 5.34. The Labute approximate surface area is 120 Å². The number of rotatable bonds is 7. The van der Waals surface area contributed by atoms with Crippen LogP contribution in [0.15, 0.2) is 6.07 Å². The highest BCUT2D eigenvalue weighted by Gasteiger charge is 2.09. The Morgan fingerprint density at radius 2 is 1.80 bits per heavy atom. The van der Waals surface area contributed by atoms with E-state index in [1.165, 1.54) is 0 Å². The zero-order valence-corrected chi connectivity index (χ0v) is 12.5. The van der Waals surface area contributed by atoms with Gasteiger partial charge >= 0.3 is 0 Å². The standard InChI is InChI=1S/C14H25N5O/c1-3-4-15-13-11-14(18-12(2)17-13)16-5-6-19-7-9-20-10-8-19/h11H,3-10H2,1-2H3,(H2,15,16,17,18). The van der Waals surface area contributed by atoms with Crippen LogP contribution in [0.5, 0.6) is 0 Å². The summed E-state index contributed by atoms with van der Waals surface area (Å²) in [5, 5.41) is 6.67. The molecule has 1 aliphatic rings. The maximum absolute atomic E-state index is 5.34. The number of hydrogen-bond donors (Lipinski definition) is 2. The van der Waals surface area contributed by atoms with Crippen LogP contribution in [0.1, 0.15) is 19.2 Å². The summed E-state index contributed by atoms with van der Waals surface area (Å²) in [5.41, 5.74) is 0. The zero-order valence-electron chi connectivity index (χ0n) is 12.5. The number of aryl methyl sites for hydroxylation is 1. The molecule has 0 radical (unpaired) electrons. The highest BCUT2D eigenvalue weighted by molar-refractivity contribution is 5.47. The van der Waals surface area contributed by atoms with Crippen LogP contribution < -0.4 is 10.6 Å². The number of aromatic nitrogens is 2. The zero-order chi connectivity index (χ0) is 14.2. The van der Waals surface area contributed by atoms with Crippen LogP contribution in [0.3, 0.4) is 0 Å². The minimum atomic E-state index is 0.792. The summed E-state index contributed by atoms with van der Waals surface area (Å²) in [6.07, 6.45) is 1.09. The van der Waals surface area contributed by atoms with Crippen LogP contribution in [-0.4, -0.2) is 60.8 Å². The van der Waals surface area contributed by atoms with E-state index in [-0.39, 0.29) is 0 Å². The molecule has 0 aliphatic carbocycles. The molecule has 1 saturated heterocycles. The van der Waals surface area contributed by atoms with Gasteiger partial charge in [-0.25, -0.2) is 9.97 Å². The largest absolute Gasteiger partial charge is 0.379 e. The topological polar surface area (TPSA) is 62.3 Å². The Balaban J connectivity index is 1.80. The molecule has 2 N–H and O–H groups in total. The second-order valence-electron chi connectivity index (χ2n) is 4.99. The fraction of sp³-hybridized carbons (Fsp3) is 0.714. The van der Waals surface area contributed by atoms with Gasteiger partial charge in [0.15, 0.2) is 0 Å². The number of nitrogens with one attached hydrogen (secondary N) is 2. The summed E-state index contributed by atoms with van der Waals surface area (Å²) in [4.78, 5) is 11.2. The SMILES string of the molecule is CCCNc1cc(NCCN2CCOCC2)nc(C)n1. The number of anilines is 2. The van der Waals surface area contributed by atoms with Crippen molar-refractivity contribution in [1.29, 1.82) is 0 Å². The molecule has 0 spiro atoms. The second kappa shape index (κ2) is 8.01. The first-order chi connectivity index (χ1) is 9.78. The van der Waals surface area contributed by atoms with Gasteiger partial charge in [-0.15, -0.1) is 0 Å². The smallest absolute Gasteiger partial charge is 0.131 e. The van der Waals surface area contributed by atoms with Crippen molar-refractivity contribution in [2.24, 2.45) is 0 Å². The fourth-order valence-electron chi connectivity index (χ4n) is 2.17. The molecular formula is C14H25N5O. The van der Waals surface area contributed by atoms with Crippen LogP contribution >= 0.6 is 0 Å². The Hall–Kier alpha value is -1.40. The van der Waals surface area contributed by atoms with Gasteiger partial charge in [-0.05, 0) is 13.3 Å². The second-order valence-corrected chi connectivity index (χ2v) is 4.99. The lowest BCUT2D eigenvalue weighted by molar-refractivity contribution is 0.0398. The molecule has 2 heterocycles. The van der Waals surface area contributed by atoms with Crippen molar-refractivity contribution >= 4 is 11.6 Å². The highest BCUT2D eigenvalue weighted by Crippen LogP contribution is 2.11. The fourth-order valence-corrected chi connectivity index (χ4v) is 2.17. The Kier molecular flexibility index (Phi) is 6.01. The van der Waals surface area contributed by atoms with Crippen molar-refractivity contribution in [3.05, 3.63) is 11.9 Å². The van der Waals surface area contributed by atoms with Crippen molar-refractivity contribution in [2.45, 2.75) is 20.3 Å². The van der Waals surface area contributed by atoms with Crippen molar-refractivity contribution < 1.29 is 4.74 Å². The molecule has 1 aliphatic heterocycles. The van der Waals surface area contributed by atoms with Gasteiger partial charge in [-0.3, -0.25) is 4.90 Å². The third-order valence-corrected chi connectivity index (χ3v) is 3.23. The molecule has 0 unspecified atom stereocenters. The molecule has 0 aromatic carbocycles. The van der Waals surface area contributed by atoms with Crippen molar-refractivity contribution in [1.82, 2.24) is 14.9 Å². The van der Waals surface area contributed by atoms with Crippen LogP contribution in [0.2, 0.25) is 0 Å². The Bertz CT molecular complexity index is 407. The summed E-state index contributed by atoms with van der Waals surface area (Å²) in [6, 6.07) is 1.97. The van der Waals surface area contributed by atoms with Crippen LogP contribution in [-0.2, 0) is 4.74 Å². The van der Waals surface area contributed by atoms with Crippen molar-refractivity contribution in [3.8, 4) is 0 Å². The lowest BCUT2D eigenvalue weighted by Gasteiger charge is -2.26.